The Labute approximate surface area is 201 Å². The first-order valence-electron chi connectivity index (χ1n) is 11.5. The van der Waals surface area contributed by atoms with Crippen LogP contribution in [0, 0.1) is 11.3 Å². The number of nitrogens with one attached hydrogen (secondary N) is 2. The molecule has 3 atom stereocenters. The summed E-state index contributed by atoms with van der Waals surface area (Å²) in [4.78, 5) is 42.6. The van der Waals surface area contributed by atoms with Crippen molar-refractivity contribution < 1.29 is 19.5 Å². The molecule has 8 nitrogen and oxygen atoms in total. The fourth-order valence-corrected chi connectivity index (χ4v) is 3.96. The number of amides is 2. The molecule has 0 saturated carbocycles. The fraction of sp³-hybridized carbons (Fsp3) is 0.500. The molecule has 0 unspecified atom stereocenters. The van der Waals surface area contributed by atoms with Crippen LogP contribution in [0.25, 0.3) is 10.9 Å². The molecule has 186 valence electrons. The number of benzene rings is 1. The first kappa shape index (κ1) is 27.1. The van der Waals surface area contributed by atoms with Gasteiger partial charge in [0, 0.05) is 29.7 Å². The zero-order valence-corrected chi connectivity index (χ0v) is 21.2. The average Bonchev–Trinajstić information content (AvgIpc) is 3.16. The molecule has 34 heavy (non-hydrogen) atoms. The molecule has 0 saturated heterocycles. The predicted octanol–water partition coefficient (Wildman–Crippen LogP) is 3.08. The molecule has 2 rings (SSSR count). The van der Waals surface area contributed by atoms with Crippen LogP contribution in [0.15, 0.2) is 42.1 Å². The summed E-state index contributed by atoms with van der Waals surface area (Å²) in [5.41, 5.74) is 7.73. The minimum atomic E-state index is -1.03. The van der Waals surface area contributed by atoms with E-state index in [2.05, 4.69) is 10.3 Å². The molecule has 1 heterocycles. The van der Waals surface area contributed by atoms with Crippen molar-refractivity contribution in [2.45, 2.75) is 66.1 Å². The molecule has 0 bridgehead atoms. The number of carboxylic acids is 1. The summed E-state index contributed by atoms with van der Waals surface area (Å²) >= 11 is 0. The van der Waals surface area contributed by atoms with E-state index in [1.807, 2.05) is 65.1 Å². The van der Waals surface area contributed by atoms with Gasteiger partial charge in [0.2, 0.25) is 11.8 Å². The molecular formula is C26H38N4O4. The number of para-hydroxylation sites is 1. The maximum atomic E-state index is 13.5. The van der Waals surface area contributed by atoms with Crippen LogP contribution in [-0.2, 0) is 20.8 Å². The van der Waals surface area contributed by atoms with E-state index in [1.54, 1.807) is 13.1 Å². The van der Waals surface area contributed by atoms with Crippen LogP contribution in [-0.4, -0.2) is 57.9 Å². The number of carbonyl (C=O) groups excluding carboxylic acids is 2. The molecule has 2 aromatic rings. The van der Waals surface area contributed by atoms with E-state index < -0.39 is 35.4 Å². The zero-order chi connectivity index (χ0) is 25.8. The second kappa shape index (κ2) is 10.9. The summed E-state index contributed by atoms with van der Waals surface area (Å²) in [5, 5.41) is 13.2. The highest BCUT2D eigenvalue weighted by molar-refractivity contribution is 5.91. The van der Waals surface area contributed by atoms with Crippen LogP contribution in [0.3, 0.4) is 0 Å². The van der Waals surface area contributed by atoms with Crippen molar-refractivity contribution >= 4 is 28.7 Å². The SMILES string of the molecule is CC(=C[C@H](C(C)C)N(C)C(=O)[C@@H](NC(=O)[C@@H](N)Cc1c[nH]c2ccccc12)C(C)(C)C)C(=O)O. The molecule has 0 aliphatic carbocycles. The number of aromatic nitrogens is 1. The maximum absolute atomic E-state index is 13.5. The van der Waals surface area contributed by atoms with Crippen LogP contribution in [0.1, 0.15) is 47.1 Å². The molecular weight excluding hydrogens is 432 g/mol. The third-order valence-electron chi connectivity index (χ3n) is 6.09. The highest BCUT2D eigenvalue weighted by Gasteiger charge is 2.37. The molecule has 0 aliphatic rings. The van der Waals surface area contributed by atoms with Gasteiger partial charge in [-0.25, -0.2) is 4.79 Å². The van der Waals surface area contributed by atoms with E-state index in [1.165, 1.54) is 11.8 Å². The number of aliphatic carboxylic acids is 1. The smallest absolute Gasteiger partial charge is 0.331 e. The van der Waals surface area contributed by atoms with Gasteiger partial charge in [0.15, 0.2) is 0 Å². The Morgan fingerprint density at radius 2 is 1.82 bits per heavy atom. The molecule has 8 heteroatoms. The Morgan fingerprint density at radius 1 is 1.21 bits per heavy atom. The van der Waals surface area contributed by atoms with Crippen molar-refractivity contribution in [1.29, 1.82) is 0 Å². The van der Waals surface area contributed by atoms with Gasteiger partial charge in [0.1, 0.15) is 6.04 Å². The fourth-order valence-electron chi connectivity index (χ4n) is 3.96. The van der Waals surface area contributed by atoms with Gasteiger partial charge < -0.3 is 26.0 Å². The largest absolute Gasteiger partial charge is 0.478 e. The van der Waals surface area contributed by atoms with E-state index in [-0.39, 0.29) is 17.4 Å². The Hall–Kier alpha value is -3.13. The molecule has 0 spiro atoms. The first-order chi connectivity index (χ1) is 15.7. The van der Waals surface area contributed by atoms with E-state index >= 15 is 0 Å². The number of carbonyl (C=O) groups is 3. The summed E-state index contributed by atoms with van der Waals surface area (Å²) in [6, 6.07) is 5.69. The summed E-state index contributed by atoms with van der Waals surface area (Å²) in [7, 11) is 1.63. The zero-order valence-electron chi connectivity index (χ0n) is 21.2. The highest BCUT2D eigenvalue weighted by atomic mass is 16.4. The molecule has 0 fully saturated rings. The number of hydrogen-bond donors (Lipinski definition) is 4. The van der Waals surface area contributed by atoms with Crippen molar-refractivity contribution in [2.75, 3.05) is 7.05 Å². The highest BCUT2D eigenvalue weighted by Crippen LogP contribution is 2.24. The number of hydrogen-bond acceptors (Lipinski definition) is 4. The van der Waals surface area contributed by atoms with Crippen molar-refractivity contribution in [3.63, 3.8) is 0 Å². The molecule has 0 radical (unpaired) electrons. The maximum Gasteiger partial charge on any atom is 0.331 e. The Morgan fingerprint density at radius 3 is 2.38 bits per heavy atom. The summed E-state index contributed by atoms with van der Waals surface area (Å²) in [5.74, 6) is -1.77. The van der Waals surface area contributed by atoms with E-state index in [9.17, 15) is 19.5 Å². The van der Waals surface area contributed by atoms with Crippen LogP contribution in [0.5, 0.6) is 0 Å². The van der Waals surface area contributed by atoms with Crippen molar-refractivity contribution in [3.05, 3.63) is 47.7 Å². The average molecular weight is 471 g/mol. The van der Waals surface area contributed by atoms with Gasteiger partial charge in [-0.3, -0.25) is 9.59 Å². The van der Waals surface area contributed by atoms with Crippen LogP contribution >= 0.6 is 0 Å². The minimum Gasteiger partial charge on any atom is -0.478 e. The summed E-state index contributed by atoms with van der Waals surface area (Å²) in [6.07, 6.45) is 3.75. The number of nitrogens with zero attached hydrogens (tertiary/aromatic N) is 1. The molecule has 1 aromatic heterocycles. The van der Waals surface area contributed by atoms with Gasteiger partial charge in [-0.15, -0.1) is 0 Å². The van der Waals surface area contributed by atoms with Gasteiger partial charge in [-0.1, -0.05) is 58.9 Å². The van der Waals surface area contributed by atoms with E-state index in [0.717, 1.165) is 16.5 Å². The minimum absolute atomic E-state index is 0.0244. The van der Waals surface area contributed by atoms with Crippen LogP contribution in [0.4, 0.5) is 0 Å². The van der Waals surface area contributed by atoms with Gasteiger partial charge in [0.05, 0.1) is 12.1 Å². The lowest BCUT2D eigenvalue weighted by molar-refractivity contribution is -0.140. The number of likely N-dealkylation sites (N-methyl/N-ethyl adjacent to an activating group) is 1. The molecule has 2 amide bonds. The first-order valence-corrected chi connectivity index (χ1v) is 11.5. The number of H-pyrrole nitrogens is 1. The molecule has 0 aliphatic heterocycles. The van der Waals surface area contributed by atoms with Crippen molar-refractivity contribution in [1.82, 2.24) is 15.2 Å². The third-order valence-corrected chi connectivity index (χ3v) is 6.09. The van der Waals surface area contributed by atoms with Crippen molar-refractivity contribution in [2.24, 2.45) is 17.1 Å². The number of carboxylic acid groups (broad SMARTS) is 1. The Balaban J connectivity index is 2.22. The number of nitrogens with two attached hydrogens (primary N) is 1. The quantitative estimate of drug-likeness (QED) is 0.419. The second-order valence-corrected chi connectivity index (χ2v) is 10.3. The second-order valence-electron chi connectivity index (χ2n) is 10.3. The summed E-state index contributed by atoms with van der Waals surface area (Å²) in [6.45, 7) is 11.0. The molecule has 1 aromatic carbocycles. The van der Waals surface area contributed by atoms with Crippen LogP contribution in [0.2, 0.25) is 0 Å². The Kier molecular flexibility index (Phi) is 8.66. The van der Waals surface area contributed by atoms with E-state index in [4.69, 9.17) is 5.73 Å². The lowest BCUT2D eigenvalue weighted by atomic mass is 9.84. The Bertz CT molecular complexity index is 1060. The lowest BCUT2D eigenvalue weighted by Gasteiger charge is -2.37. The topological polar surface area (TPSA) is 129 Å². The summed E-state index contributed by atoms with van der Waals surface area (Å²) < 4.78 is 0. The van der Waals surface area contributed by atoms with Gasteiger partial charge in [-0.05, 0) is 36.3 Å². The van der Waals surface area contributed by atoms with Gasteiger partial charge in [0.25, 0.3) is 0 Å². The lowest BCUT2D eigenvalue weighted by Crippen LogP contribution is -2.58. The number of aromatic amines is 1. The number of fused-ring (bicyclic) bond motifs is 1. The third kappa shape index (κ3) is 6.47. The van der Waals surface area contributed by atoms with Crippen LogP contribution < -0.4 is 11.1 Å². The normalized spacial score (nSPS) is 15.1. The van der Waals surface area contributed by atoms with Gasteiger partial charge in [-0.2, -0.15) is 0 Å². The predicted molar refractivity (Wildman–Crippen MR) is 134 cm³/mol. The van der Waals surface area contributed by atoms with Crippen molar-refractivity contribution in [3.8, 4) is 0 Å². The standard InChI is InChI=1S/C26H38N4O4/c1-15(2)21(12-16(3)25(33)34)30(7)24(32)22(26(4,5)6)29-23(31)19(27)13-17-14-28-20-11-9-8-10-18(17)20/h8-12,14-15,19,21-22,28H,13,27H2,1-7H3,(H,29,31)(H,33,34)/t19-,21+,22+/m0/s1. The molecule has 5 N–H and O–H groups in total. The number of rotatable bonds is 9. The monoisotopic (exact) mass is 470 g/mol. The van der Waals surface area contributed by atoms with Gasteiger partial charge >= 0.3 is 5.97 Å². The van der Waals surface area contributed by atoms with E-state index in [0.29, 0.717) is 6.42 Å².